The molecule has 26 heavy (non-hydrogen) atoms. The Morgan fingerprint density at radius 2 is 1.46 bits per heavy atom. The minimum Gasteiger partial charge on any atom is -0.481 e. The van der Waals surface area contributed by atoms with Crippen molar-refractivity contribution in [1.29, 1.82) is 0 Å². The summed E-state index contributed by atoms with van der Waals surface area (Å²) in [5.74, 6) is -2.37. The monoisotopic (exact) mass is 357 g/mol. The van der Waals surface area contributed by atoms with Crippen molar-refractivity contribution in [3.63, 3.8) is 0 Å². The van der Waals surface area contributed by atoms with Gasteiger partial charge in [-0.05, 0) is 37.0 Å². The highest BCUT2D eigenvalue weighted by molar-refractivity contribution is 6.07. The van der Waals surface area contributed by atoms with Gasteiger partial charge in [0.25, 0.3) is 0 Å². The molecule has 0 aliphatic rings. The Bertz CT molecular complexity index is 751. The molecular weight excluding hydrogens is 334 g/mol. The summed E-state index contributed by atoms with van der Waals surface area (Å²) in [5.41, 5.74) is 8.50. The molecule has 1 atom stereocenters. The number of carboxylic acid groups (broad SMARTS) is 2. The van der Waals surface area contributed by atoms with E-state index < -0.39 is 24.4 Å². The van der Waals surface area contributed by atoms with Crippen LogP contribution in [0.4, 0.5) is 0 Å². The SMILES string of the molecule is Cc1cccc(C)c1C(=O)CC(=O)O.N[C@@H](Cc1ccccc1)C(=O)O. The third kappa shape index (κ3) is 6.86. The van der Waals surface area contributed by atoms with Gasteiger partial charge in [0.2, 0.25) is 0 Å². The van der Waals surface area contributed by atoms with Crippen molar-refractivity contribution in [2.24, 2.45) is 5.73 Å². The molecule has 4 N–H and O–H groups in total. The van der Waals surface area contributed by atoms with E-state index in [1.165, 1.54) is 0 Å². The van der Waals surface area contributed by atoms with Gasteiger partial charge in [0.15, 0.2) is 5.78 Å². The summed E-state index contributed by atoms with van der Waals surface area (Å²) in [6.45, 7) is 3.62. The van der Waals surface area contributed by atoms with Crippen molar-refractivity contribution in [3.05, 3.63) is 70.8 Å². The highest BCUT2D eigenvalue weighted by Crippen LogP contribution is 2.15. The van der Waals surface area contributed by atoms with Crippen LogP contribution in [0, 0.1) is 13.8 Å². The van der Waals surface area contributed by atoms with Crippen LogP contribution in [0.2, 0.25) is 0 Å². The zero-order valence-corrected chi connectivity index (χ0v) is 14.8. The summed E-state index contributed by atoms with van der Waals surface area (Å²) in [5, 5.41) is 17.0. The molecule has 0 aliphatic carbocycles. The summed E-state index contributed by atoms with van der Waals surface area (Å²) >= 11 is 0. The minimum atomic E-state index is -1.09. The molecule has 0 unspecified atom stereocenters. The molecular formula is C20H23NO5. The summed E-state index contributed by atoms with van der Waals surface area (Å²) in [6.07, 6.45) is -0.0537. The molecule has 2 aromatic carbocycles. The molecule has 0 heterocycles. The predicted octanol–water partition coefficient (Wildman–Crippen LogP) is 2.60. The highest BCUT2D eigenvalue weighted by atomic mass is 16.4. The summed E-state index contributed by atoms with van der Waals surface area (Å²) in [7, 11) is 0. The van der Waals surface area contributed by atoms with Crippen LogP contribution in [0.25, 0.3) is 0 Å². The lowest BCUT2D eigenvalue weighted by molar-refractivity contribution is -0.138. The maximum atomic E-state index is 11.5. The number of nitrogens with two attached hydrogens (primary N) is 1. The molecule has 0 saturated heterocycles. The number of carboxylic acids is 2. The Kier molecular flexibility index (Phi) is 8.18. The maximum absolute atomic E-state index is 11.5. The van der Waals surface area contributed by atoms with E-state index in [2.05, 4.69) is 0 Å². The Morgan fingerprint density at radius 1 is 0.923 bits per heavy atom. The first-order valence-corrected chi connectivity index (χ1v) is 8.06. The lowest BCUT2D eigenvalue weighted by Crippen LogP contribution is -2.32. The fourth-order valence-electron chi connectivity index (χ4n) is 2.44. The number of rotatable bonds is 6. The second-order valence-corrected chi connectivity index (χ2v) is 5.89. The summed E-state index contributed by atoms with van der Waals surface area (Å²) < 4.78 is 0. The fraction of sp³-hybridized carbons (Fsp3) is 0.250. The lowest BCUT2D eigenvalue weighted by atomic mass is 9.98. The summed E-state index contributed by atoms with van der Waals surface area (Å²) in [6, 6.07) is 14.0. The number of carbonyl (C=O) groups excluding carboxylic acids is 1. The van der Waals surface area contributed by atoms with Crippen molar-refractivity contribution in [2.45, 2.75) is 32.7 Å². The van der Waals surface area contributed by atoms with Gasteiger partial charge in [-0.2, -0.15) is 0 Å². The van der Waals surface area contributed by atoms with Gasteiger partial charge in [0.05, 0.1) is 0 Å². The topological polar surface area (TPSA) is 118 Å². The number of Topliss-reactive ketones (excluding diaryl/α,β-unsaturated/α-hetero) is 1. The molecule has 0 aromatic heterocycles. The molecule has 6 heteroatoms. The minimum absolute atomic E-state index is 0.326. The van der Waals surface area contributed by atoms with Crippen LogP contribution >= 0.6 is 0 Å². The lowest BCUT2D eigenvalue weighted by Gasteiger charge is -2.06. The standard InChI is InChI=1S/C11H12O3.C9H11NO2/c1-7-4-3-5-8(2)11(7)9(12)6-10(13)14;10-8(9(11)12)6-7-4-2-1-3-5-7/h3-5H,6H2,1-2H3,(H,13,14);1-5,8H,6,10H2,(H,11,12)/t;8-/m.0/s1. The van der Waals surface area contributed by atoms with Gasteiger partial charge in [0.1, 0.15) is 12.5 Å². The van der Waals surface area contributed by atoms with Gasteiger partial charge in [-0.25, -0.2) is 0 Å². The first-order valence-electron chi connectivity index (χ1n) is 8.06. The van der Waals surface area contributed by atoms with E-state index in [0.29, 0.717) is 12.0 Å². The number of aliphatic carboxylic acids is 2. The third-order valence-corrected chi connectivity index (χ3v) is 3.69. The van der Waals surface area contributed by atoms with Crippen LogP contribution < -0.4 is 5.73 Å². The van der Waals surface area contributed by atoms with Crippen LogP contribution in [0.1, 0.15) is 33.5 Å². The largest absolute Gasteiger partial charge is 0.481 e. The van der Waals surface area contributed by atoms with Crippen LogP contribution in [-0.2, 0) is 16.0 Å². The maximum Gasteiger partial charge on any atom is 0.320 e. The van der Waals surface area contributed by atoms with Crippen molar-refractivity contribution >= 4 is 17.7 Å². The number of benzene rings is 2. The van der Waals surface area contributed by atoms with E-state index in [0.717, 1.165) is 16.7 Å². The number of hydrogen-bond acceptors (Lipinski definition) is 4. The fourth-order valence-corrected chi connectivity index (χ4v) is 2.44. The zero-order chi connectivity index (χ0) is 19.7. The molecule has 0 amide bonds. The zero-order valence-electron chi connectivity index (χ0n) is 14.8. The predicted molar refractivity (Wildman–Crippen MR) is 98.3 cm³/mol. The van der Waals surface area contributed by atoms with E-state index >= 15 is 0 Å². The second kappa shape index (κ2) is 10.1. The van der Waals surface area contributed by atoms with Crippen LogP contribution in [0.15, 0.2) is 48.5 Å². The van der Waals surface area contributed by atoms with E-state index in [9.17, 15) is 14.4 Å². The average molecular weight is 357 g/mol. The average Bonchev–Trinajstić information content (AvgIpc) is 2.55. The Morgan fingerprint density at radius 3 is 1.92 bits per heavy atom. The van der Waals surface area contributed by atoms with Gasteiger partial charge < -0.3 is 15.9 Å². The number of ketones is 1. The Hall–Kier alpha value is -2.99. The first kappa shape index (κ1) is 21.1. The Labute approximate surface area is 152 Å². The van der Waals surface area contributed by atoms with Gasteiger partial charge >= 0.3 is 11.9 Å². The number of hydrogen-bond donors (Lipinski definition) is 3. The normalized spacial score (nSPS) is 11.0. The molecule has 0 bridgehead atoms. The van der Waals surface area contributed by atoms with Crippen LogP contribution in [0.3, 0.4) is 0 Å². The van der Waals surface area contributed by atoms with Gasteiger partial charge in [-0.1, -0.05) is 48.5 Å². The molecule has 0 spiro atoms. The third-order valence-electron chi connectivity index (χ3n) is 3.69. The number of carbonyl (C=O) groups is 3. The molecule has 0 radical (unpaired) electrons. The van der Waals surface area contributed by atoms with Crippen molar-refractivity contribution < 1.29 is 24.6 Å². The molecule has 2 aromatic rings. The second-order valence-electron chi connectivity index (χ2n) is 5.89. The van der Waals surface area contributed by atoms with Crippen molar-refractivity contribution in [2.75, 3.05) is 0 Å². The molecule has 0 aliphatic heterocycles. The molecule has 6 nitrogen and oxygen atoms in total. The summed E-state index contributed by atoms with van der Waals surface area (Å²) in [4.78, 5) is 32.3. The van der Waals surface area contributed by atoms with Crippen molar-refractivity contribution in [3.8, 4) is 0 Å². The van der Waals surface area contributed by atoms with E-state index in [-0.39, 0.29) is 5.78 Å². The first-order chi connectivity index (χ1) is 12.2. The van der Waals surface area contributed by atoms with Gasteiger partial charge in [0, 0.05) is 5.56 Å². The van der Waals surface area contributed by atoms with E-state index in [1.54, 1.807) is 0 Å². The molecule has 2 rings (SSSR count). The quantitative estimate of drug-likeness (QED) is 0.540. The van der Waals surface area contributed by atoms with Gasteiger partial charge in [-0.3, -0.25) is 14.4 Å². The highest BCUT2D eigenvalue weighted by Gasteiger charge is 2.14. The van der Waals surface area contributed by atoms with Crippen LogP contribution in [-0.4, -0.2) is 34.0 Å². The molecule has 0 saturated carbocycles. The number of aryl methyl sites for hydroxylation is 2. The molecule has 0 fully saturated rings. The van der Waals surface area contributed by atoms with Gasteiger partial charge in [-0.15, -0.1) is 0 Å². The Balaban J connectivity index is 0.000000263. The van der Waals surface area contributed by atoms with Crippen LogP contribution in [0.5, 0.6) is 0 Å². The van der Waals surface area contributed by atoms with E-state index in [4.69, 9.17) is 15.9 Å². The smallest absolute Gasteiger partial charge is 0.320 e. The molecule has 138 valence electrons. The van der Waals surface area contributed by atoms with E-state index in [1.807, 2.05) is 62.4 Å². The van der Waals surface area contributed by atoms with Crippen molar-refractivity contribution in [1.82, 2.24) is 0 Å².